The van der Waals surface area contributed by atoms with E-state index >= 15 is 0 Å². The van der Waals surface area contributed by atoms with Crippen molar-refractivity contribution >= 4 is 17.5 Å². The third kappa shape index (κ3) is 2.81. The van der Waals surface area contributed by atoms with E-state index in [1.54, 1.807) is 6.07 Å². The summed E-state index contributed by atoms with van der Waals surface area (Å²) in [5, 5.41) is 11.3. The third-order valence-corrected chi connectivity index (χ3v) is 4.08. The van der Waals surface area contributed by atoms with Gasteiger partial charge in [0.25, 0.3) is 11.7 Å². The van der Waals surface area contributed by atoms with Crippen LogP contribution in [0.25, 0.3) is 17.0 Å². The van der Waals surface area contributed by atoms with Crippen molar-refractivity contribution in [1.82, 2.24) is 29.4 Å². The van der Waals surface area contributed by atoms with E-state index in [4.69, 9.17) is 0 Å². The Labute approximate surface area is 149 Å². The summed E-state index contributed by atoms with van der Waals surface area (Å²) >= 11 is 0. The summed E-state index contributed by atoms with van der Waals surface area (Å²) in [5.74, 6) is 0.549. The maximum absolute atomic E-state index is 12.8. The van der Waals surface area contributed by atoms with Gasteiger partial charge in [0, 0.05) is 23.9 Å². The van der Waals surface area contributed by atoms with Gasteiger partial charge < -0.3 is 5.32 Å². The van der Waals surface area contributed by atoms with E-state index in [2.05, 4.69) is 25.5 Å². The van der Waals surface area contributed by atoms with E-state index in [9.17, 15) is 4.79 Å². The minimum Gasteiger partial charge on any atom is -0.304 e. The maximum Gasteiger partial charge on any atom is 0.275 e. The van der Waals surface area contributed by atoms with Crippen molar-refractivity contribution < 1.29 is 4.79 Å². The van der Waals surface area contributed by atoms with Crippen LogP contribution in [-0.2, 0) is 6.54 Å². The molecule has 1 aromatic carbocycles. The van der Waals surface area contributed by atoms with Gasteiger partial charge in [0.1, 0.15) is 12.0 Å². The number of benzene rings is 1. The Morgan fingerprint density at radius 3 is 2.73 bits per heavy atom. The SMILES string of the molecule is CCn1nc(NC(=O)c2cc(-c3ccccc3)nc3ncnn23)cc1C. The summed E-state index contributed by atoms with van der Waals surface area (Å²) in [6.07, 6.45) is 1.38. The van der Waals surface area contributed by atoms with Gasteiger partial charge in [-0.2, -0.15) is 19.7 Å². The predicted octanol–water partition coefficient (Wildman–Crippen LogP) is 2.57. The molecule has 4 rings (SSSR count). The first-order valence-corrected chi connectivity index (χ1v) is 8.27. The second-order valence-electron chi connectivity index (χ2n) is 5.81. The van der Waals surface area contributed by atoms with Crippen LogP contribution in [0.4, 0.5) is 5.82 Å². The van der Waals surface area contributed by atoms with E-state index in [-0.39, 0.29) is 5.91 Å². The van der Waals surface area contributed by atoms with E-state index in [1.165, 1.54) is 10.8 Å². The van der Waals surface area contributed by atoms with Crippen molar-refractivity contribution in [1.29, 1.82) is 0 Å². The van der Waals surface area contributed by atoms with Crippen molar-refractivity contribution in [3.05, 3.63) is 60.2 Å². The zero-order chi connectivity index (χ0) is 18.1. The fourth-order valence-corrected chi connectivity index (χ4v) is 2.80. The number of nitrogens with zero attached hydrogens (tertiary/aromatic N) is 6. The first-order valence-electron chi connectivity index (χ1n) is 8.27. The van der Waals surface area contributed by atoms with Crippen LogP contribution in [0.1, 0.15) is 23.1 Å². The molecule has 8 nitrogen and oxygen atoms in total. The molecule has 0 fully saturated rings. The molecule has 0 aliphatic rings. The Balaban J connectivity index is 1.74. The molecule has 130 valence electrons. The lowest BCUT2D eigenvalue weighted by Gasteiger charge is -2.07. The van der Waals surface area contributed by atoms with Crippen LogP contribution in [0.3, 0.4) is 0 Å². The summed E-state index contributed by atoms with van der Waals surface area (Å²) in [6.45, 7) is 4.68. The van der Waals surface area contributed by atoms with Crippen molar-refractivity contribution in [2.24, 2.45) is 0 Å². The third-order valence-electron chi connectivity index (χ3n) is 4.08. The Morgan fingerprint density at radius 2 is 2.00 bits per heavy atom. The number of anilines is 1. The van der Waals surface area contributed by atoms with Crippen molar-refractivity contribution in [3.63, 3.8) is 0 Å². The molecule has 3 aromatic heterocycles. The number of aromatic nitrogens is 6. The lowest BCUT2D eigenvalue weighted by Crippen LogP contribution is -2.18. The summed E-state index contributed by atoms with van der Waals surface area (Å²) in [4.78, 5) is 21.4. The van der Waals surface area contributed by atoms with Crippen LogP contribution < -0.4 is 5.32 Å². The number of hydrogen-bond acceptors (Lipinski definition) is 5. The molecule has 0 unspecified atom stereocenters. The fourth-order valence-electron chi connectivity index (χ4n) is 2.80. The number of fused-ring (bicyclic) bond motifs is 1. The van der Waals surface area contributed by atoms with Gasteiger partial charge in [0.05, 0.1) is 5.69 Å². The van der Waals surface area contributed by atoms with Crippen molar-refractivity contribution in [2.45, 2.75) is 20.4 Å². The summed E-state index contributed by atoms with van der Waals surface area (Å²) in [5.41, 5.74) is 2.88. The smallest absolute Gasteiger partial charge is 0.275 e. The predicted molar refractivity (Wildman–Crippen MR) is 96.8 cm³/mol. The molecule has 0 atom stereocenters. The van der Waals surface area contributed by atoms with E-state index in [1.807, 2.05) is 54.9 Å². The first kappa shape index (κ1) is 15.9. The van der Waals surface area contributed by atoms with Crippen LogP contribution in [0, 0.1) is 6.92 Å². The van der Waals surface area contributed by atoms with Gasteiger partial charge in [-0.1, -0.05) is 30.3 Å². The highest BCUT2D eigenvalue weighted by molar-refractivity contribution is 6.03. The standard InChI is InChI=1S/C18H17N7O/c1-3-24-12(2)9-16(23-24)22-17(26)15-10-14(13-7-5-4-6-8-13)21-18-19-11-20-25(15)18/h4-11H,3H2,1-2H3,(H,22,23,26). The molecule has 3 heterocycles. The Hall–Kier alpha value is -3.55. The highest BCUT2D eigenvalue weighted by Gasteiger charge is 2.17. The second kappa shape index (κ2) is 6.40. The summed E-state index contributed by atoms with van der Waals surface area (Å²) < 4.78 is 3.24. The Kier molecular flexibility index (Phi) is 3.92. The van der Waals surface area contributed by atoms with E-state index < -0.39 is 0 Å². The molecule has 1 N–H and O–H groups in total. The molecule has 26 heavy (non-hydrogen) atoms. The normalized spacial score (nSPS) is 11.0. The number of nitrogens with one attached hydrogen (secondary N) is 1. The lowest BCUT2D eigenvalue weighted by molar-refractivity contribution is 0.101. The highest BCUT2D eigenvalue weighted by Crippen LogP contribution is 2.19. The molecule has 0 bridgehead atoms. The average Bonchev–Trinajstić information content (AvgIpc) is 3.27. The quantitative estimate of drug-likeness (QED) is 0.613. The van der Waals surface area contributed by atoms with Crippen molar-refractivity contribution in [3.8, 4) is 11.3 Å². The van der Waals surface area contributed by atoms with Gasteiger partial charge in [0.15, 0.2) is 5.82 Å². The van der Waals surface area contributed by atoms with E-state index in [0.717, 1.165) is 17.8 Å². The number of carbonyl (C=O) groups is 1. The van der Waals surface area contributed by atoms with Gasteiger partial charge in [-0.05, 0) is 19.9 Å². The molecule has 0 saturated carbocycles. The number of rotatable bonds is 4. The fraction of sp³-hybridized carbons (Fsp3) is 0.167. The summed E-state index contributed by atoms with van der Waals surface area (Å²) in [7, 11) is 0. The molecule has 0 radical (unpaired) electrons. The number of carbonyl (C=O) groups excluding carboxylic acids is 1. The van der Waals surface area contributed by atoms with Gasteiger partial charge in [-0.15, -0.1) is 0 Å². The molecule has 0 spiro atoms. The van der Waals surface area contributed by atoms with Gasteiger partial charge in [-0.25, -0.2) is 4.98 Å². The molecule has 0 aliphatic heterocycles. The topological polar surface area (TPSA) is 90.0 Å². The zero-order valence-electron chi connectivity index (χ0n) is 14.4. The van der Waals surface area contributed by atoms with Crippen LogP contribution in [0.15, 0.2) is 48.8 Å². The lowest BCUT2D eigenvalue weighted by atomic mass is 10.1. The molecule has 8 heteroatoms. The van der Waals surface area contributed by atoms with Crippen molar-refractivity contribution in [2.75, 3.05) is 5.32 Å². The minimum absolute atomic E-state index is 0.319. The molecular formula is C18H17N7O. The van der Waals surface area contributed by atoms with Crippen LogP contribution in [0.5, 0.6) is 0 Å². The second-order valence-corrected chi connectivity index (χ2v) is 5.81. The number of aryl methyl sites for hydroxylation is 2. The number of amides is 1. The Bertz CT molecular complexity index is 1080. The Morgan fingerprint density at radius 1 is 1.19 bits per heavy atom. The van der Waals surface area contributed by atoms with Crippen LogP contribution >= 0.6 is 0 Å². The van der Waals surface area contributed by atoms with Gasteiger partial charge in [-0.3, -0.25) is 9.48 Å². The highest BCUT2D eigenvalue weighted by atomic mass is 16.2. The molecule has 4 aromatic rings. The van der Waals surface area contributed by atoms with Crippen LogP contribution in [-0.4, -0.2) is 35.3 Å². The molecule has 0 aliphatic carbocycles. The summed E-state index contributed by atoms with van der Waals surface area (Å²) in [6, 6.07) is 13.2. The molecular weight excluding hydrogens is 330 g/mol. The minimum atomic E-state index is -0.319. The van der Waals surface area contributed by atoms with E-state index in [0.29, 0.717) is 23.0 Å². The van der Waals surface area contributed by atoms with Gasteiger partial charge in [0.2, 0.25) is 0 Å². The molecule has 1 amide bonds. The number of hydrogen-bond donors (Lipinski definition) is 1. The van der Waals surface area contributed by atoms with Gasteiger partial charge >= 0.3 is 0 Å². The maximum atomic E-state index is 12.8. The largest absolute Gasteiger partial charge is 0.304 e. The average molecular weight is 347 g/mol. The first-order chi connectivity index (χ1) is 12.7. The zero-order valence-corrected chi connectivity index (χ0v) is 14.4. The van der Waals surface area contributed by atoms with Crippen LogP contribution in [0.2, 0.25) is 0 Å². The monoisotopic (exact) mass is 347 g/mol. The molecule has 0 saturated heterocycles.